The van der Waals surface area contributed by atoms with E-state index in [1.54, 1.807) is 0 Å². The second kappa shape index (κ2) is 8.15. The van der Waals surface area contributed by atoms with Gasteiger partial charge in [-0.1, -0.05) is 12.1 Å². The fourth-order valence-corrected chi connectivity index (χ4v) is 2.80. The van der Waals surface area contributed by atoms with Crippen molar-refractivity contribution in [1.82, 2.24) is 0 Å². The van der Waals surface area contributed by atoms with E-state index in [-0.39, 0.29) is 5.91 Å². The van der Waals surface area contributed by atoms with Gasteiger partial charge in [-0.05, 0) is 62.8 Å². The first-order chi connectivity index (χ1) is 10.2. The van der Waals surface area contributed by atoms with Crippen LogP contribution in [0.5, 0.6) is 0 Å². The molecule has 4 nitrogen and oxygen atoms in total. The third kappa shape index (κ3) is 5.14. The molecule has 3 N–H and O–H groups in total. The third-order valence-electron chi connectivity index (χ3n) is 3.95. The van der Waals surface area contributed by atoms with Crippen LogP contribution in [0.25, 0.3) is 0 Å². The first-order valence-electron chi connectivity index (χ1n) is 7.91. The molecular formula is C17H26N2O2. The molecule has 0 heterocycles. The molecule has 21 heavy (non-hydrogen) atoms. The molecule has 2 rings (SSSR count). The summed E-state index contributed by atoms with van der Waals surface area (Å²) in [6, 6.07) is 8.03. The van der Waals surface area contributed by atoms with E-state index in [4.69, 9.17) is 10.5 Å². The lowest BCUT2D eigenvalue weighted by molar-refractivity contribution is -0.119. The molecule has 1 aromatic carbocycles. The predicted octanol–water partition coefficient (Wildman–Crippen LogP) is 2.72. The zero-order chi connectivity index (χ0) is 15.1. The summed E-state index contributed by atoms with van der Waals surface area (Å²) in [5.74, 6) is 0.577. The monoisotopic (exact) mass is 290 g/mol. The van der Waals surface area contributed by atoms with Crippen LogP contribution in [0.1, 0.15) is 38.2 Å². The minimum absolute atomic E-state index is 0.103. The summed E-state index contributed by atoms with van der Waals surface area (Å²) < 4.78 is 5.52. The molecule has 0 unspecified atom stereocenters. The molecule has 1 fully saturated rings. The van der Waals surface area contributed by atoms with Crippen LogP contribution in [0, 0.1) is 5.92 Å². The standard InChI is InChI=1S/C17H26N2O2/c1-2-21-16-10-14(11-16)12-17(20)19-15-7-3-5-13(9-15)6-4-8-18/h3,5,7,9,14,16H,2,4,6,8,10-12,18H2,1H3,(H,19,20). The van der Waals surface area contributed by atoms with Gasteiger partial charge in [-0.3, -0.25) is 4.79 Å². The summed E-state index contributed by atoms with van der Waals surface area (Å²) in [5.41, 5.74) is 7.63. The molecule has 1 saturated carbocycles. The third-order valence-corrected chi connectivity index (χ3v) is 3.95. The zero-order valence-corrected chi connectivity index (χ0v) is 12.8. The lowest BCUT2D eigenvalue weighted by Gasteiger charge is -2.34. The quantitative estimate of drug-likeness (QED) is 0.773. The predicted molar refractivity (Wildman–Crippen MR) is 85.2 cm³/mol. The average Bonchev–Trinajstić information content (AvgIpc) is 2.43. The Labute approximate surface area is 127 Å². The number of carbonyl (C=O) groups is 1. The van der Waals surface area contributed by atoms with Crippen molar-refractivity contribution in [2.24, 2.45) is 11.7 Å². The zero-order valence-electron chi connectivity index (χ0n) is 12.8. The van der Waals surface area contributed by atoms with Gasteiger partial charge in [0.05, 0.1) is 6.10 Å². The van der Waals surface area contributed by atoms with E-state index in [0.29, 0.717) is 25.0 Å². The number of carbonyl (C=O) groups excluding carboxylic acids is 1. The Bertz CT molecular complexity index is 456. The maximum absolute atomic E-state index is 12.0. The van der Waals surface area contributed by atoms with Crippen LogP contribution in [-0.4, -0.2) is 25.2 Å². The summed E-state index contributed by atoms with van der Waals surface area (Å²) in [6.45, 7) is 3.47. The molecule has 0 atom stereocenters. The van der Waals surface area contributed by atoms with Crippen LogP contribution in [0.3, 0.4) is 0 Å². The fourth-order valence-electron chi connectivity index (χ4n) is 2.80. The van der Waals surface area contributed by atoms with Gasteiger partial charge in [-0.25, -0.2) is 0 Å². The van der Waals surface area contributed by atoms with Crippen molar-refractivity contribution < 1.29 is 9.53 Å². The van der Waals surface area contributed by atoms with E-state index in [0.717, 1.165) is 38.0 Å². The van der Waals surface area contributed by atoms with Crippen molar-refractivity contribution in [1.29, 1.82) is 0 Å². The van der Waals surface area contributed by atoms with E-state index >= 15 is 0 Å². The number of aryl methyl sites for hydroxylation is 1. The average molecular weight is 290 g/mol. The van der Waals surface area contributed by atoms with Gasteiger partial charge >= 0.3 is 0 Å². The van der Waals surface area contributed by atoms with Gasteiger partial charge in [0.2, 0.25) is 5.91 Å². The Morgan fingerprint density at radius 3 is 2.95 bits per heavy atom. The van der Waals surface area contributed by atoms with Crippen molar-refractivity contribution in [3.8, 4) is 0 Å². The van der Waals surface area contributed by atoms with Gasteiger partial charge in [-0.15, -0.1) is 0 Å². The second-order valence-corrected chi connectivity index (χ2v) is 5.76. The molecule has 0 bridgehead atoms. The molecule has 1 amide bonds. The van der Waals surface area contributed by atoms with Gasteiger partial charge in [0.15, 0.2) is 0 Å². The summed E-state index contributed by atoms with van der Waals surface area (Å²) >= 11 is 0. The Morgan fingerprint density at radius 1 is 1.43 bits per heavy atom. The highest BCUT2D eigenvalue weighted by atomic mass is 16.5. The largest absolute Gasteiger partial charge is 0.378 e. The second-order valence-electron chi connectivity index (χ2n) is 5.76. The van der Waals surface area contributed by atoms with E-state index < -0.39 is 0 Å². The van der Waals surface area contributed by atoms with Crippen molar-refractivity contribution >= 4 is 11.6 Å². The number of nitrogens with one attached hydrogen (secondary N) is 1. The van der Waals surface area contributed by atoms with Crippen LogP contribution in [-0.2, 0) is 16.0 Å². The maximum atomic E-state index is 12.0. The van der Waals surface area contributed by atoms with Crippen LogP contribution in [0.4, 0.5) is 5.69 Å². The van der Waals surface area contributed by atoms with Crippen molar-refractivity contribution in [3.05, 3.63) is 29.8 Å². The van der Waals surface area contributed by atoms with E-state index in [1.807, 2.05) is 25.1 Å². The normalized spacial score (nSPS) is 20.9. The first kappa shape index (κ1) is 16.0. The van der Waals surface area contributed by atoms with E-state index in [2.05, 4.69) is 11.4 Å². The number of nitrogens with two attached hydrogens (primary N) is 1. The molecule has 0 aliphatic heterocycles. The van der Waals surface area contributed by atoms with Gasteiger partial charge in [0.1, 0.15) is 0 Å². The number of benzene rings is 1. The van der Waals surface area contributed by atoms with Crippen molar-refractivity contribution in [2.75, 3.05) is 18.5 Å². The highest BCUT2D eigenvalue weighted by molar-refractivity contribution is 5.91. The molecule has 4 heteroatoms. The minimum Gasteiger partial charge on any atom is -0.378 e. The molecule has 0 radical (unpaired) electrons. The summed E-state index contributed by atoms with van der Waals surface area (Å²) in [5, 5.41) is 2.99. The van der Waals surface area contributed by atoms with Crippen LogP contribution >= 0.6 is 0 Å². The van der Waals surface area contributed by atoms with Crippen LogP contribution < -0.4 is 11.1 Å². The number of rotatable bonds is 8. The summed E-state index contributed by atoms with van der Waals surface area (Å²) in [6.07, 6.45) is 4.91. The molecule has 1 aliphatic rings. The topological polar surface area (TPSA) is 64.3 Å². The molecule has 0 saturated heterocycles. The van der Waals surface area contributed by atoms with Crippen molar-refractivity contribution in [2.45, 2.75) is 45.1 Å². The molecule has 0 spiro atoms. The minimum atomic E-state index is 0.103. The smallest absolute Gasteiger partial charge is 0.224 e. The Morgan fingerprint density at radius 2 is 2.24 bits per heavy atom. The van der Waals surface area contributed by atoms with Crippen LogP contribution in [0.15, 0.2) is 24.3 Å². The molecular weight excluding hydrogens is 264 g/mol. The Hall–Kier alpha value is -1.39. The number of hydrogen-bond donors (Lipinski definition) is 2. The molecule has 1 aromatic rings. The maximum Gasteiger partial charge on any atom is 0.224 e. The van der Waals surface area contributed by atoms with Gasteiger partial charge < -0.3 is 15.8 Å². The number of ether oxygens (including phenoxy) is 1. The van der Waals surface area contributed by atoms with Crippen molar-refractivity contribution in [3.63, 3.8) is 0 Å². The van der Waals surface area contributed by atoms with Gasteiger partial charge in [0, 0.05) is 18.7 Å². The summed E-state index contributed by atoms with van der Waals surface area (Å²) in [4.78, 5) is 12.0. The number of hydrogen-bond acceptors (Lipinski definition) is 3. The SMILES string of the molecule is CCOC1CC(CC(=O)Nc2cccc(CCCN)c2)C1. The highest BCUT2D eigenvalue weighted by Crippen LogP contribution is 2.32. The van der Waals surface area contributed by atoms with E-state index in [1.165, 1.54) is 5.56 Å². The Kier molecular flexibility index (Phi) is 6.21. The lowest BCUT2D eigenvalue weighted by atomic mass is 9.80. The summed E-state index contributed by atoms with van der Waals surface area (Å²) in [7, 11) is 0. The lowest BCUT2D eigenvalue weighted by Crippen LogP contribution is -2.33. The Balaban J connectivity index is 1.75. The molecule has 116 valence electrons. The van der Waals surface area contributed by atoms with Gasteiger partial charge in [0.25, 0.3) is 0 Å². The van der Waals surface area contributed by atoms with E-state index in [9.17, 15) is 4.79 Å². The molecule has 0 aromatic heterocycles. The van der Waals surface area contributed by atoms with Crippen LogP contribution in [0.2, 0.25) is 0 Å². The first-order valence-corrected chi connectivity index (χ1v) is 7.91. The number of amides is 1. The number of anilines is 1. The van der Waals surface area contributed by atoms with Gasteiger partial charge in [-0.2, -0.15) is 0 Å². The fraction of sp³-hybridized carbons (Fsp3) is 0.588. The highest BCUT2D eigenvalue weighted by Gasteiger charge is 2.30. The molecule has 1 aliphatic carbocycles.